The number of ether oxygens (including phenoxy) is 2. The third-order valence-electron chi connectivity index (χ3n) is 4.69. The van der Waals surface area contributed by atoms with E-state index in [0.29, 0.717) is 7.93 Å². The Labute approximate surface area is 161 Å². The van der Waals surface area contributed by atoms with E-state index in [1.807, 2.05) is 0 Å². The van der Waals surface area contributed by atoms with Crippen LogP contribution in [0.3, 0.4) is 0 Å². The minimum absolute atomic E-state index is 0.00196. The molecule has 0 aromatic heterocycles. The van der Waals surface area contributed by atoms with Crippen molar-refractivity contribution in [2.24, 2.45) is 0 Å². The van der Waals surface area contributed by atoms with Crippen molar-refractivity contribution in [1.82, 2.24) is 0 Å². The summed E-state index contributed by atoms with van der Waals surface area (Å²) in [5, 5.41) is -0.0125. The Morgan fingerprint density at radius 1 is 1.04 bits per heavy atom. The fourth-order valence-corrected chi connectivity index (χ4v) is 5.18. The molecule has 144 valence electrons. The first kappa shape index (κ1) is 22.7. The van der Waals surface area contributed by atoms with Gasteiger partial charge in [0.2, 0.25) is 0 Å². The van der Waals surface area contributed by atoms with E-state index in [2.05, 4.69) is 53.7 Å². The van der Waals surface area contributed by atoms with Crippen LogP contribution < -0.4 is 4.74 Å². The number of hydrogen-bond acceptors (Lipinski definition) is 2. The fraction of sp³-hybridized carbons (Fsp3) is 0.714. The summed E-state index contributed by atoms with van der Waals surface area (Å²) in [6, 6.07) is 4.54. The van der Waals surface area contributed by atoms with Crippen LogP contribution in [0.1, 0.15) is 83.4 Å². The van der Waals surface area contributed by atoms with E-state index < -0.39 is 0 Å². The van der Waals surface area contributed by atoms with Crippen molar-refractivity contribution in [1.29, 1.82) is 0 Å². The second-order valence-corrected chi connectivity index (χ2v) is 9.73. The van der Waals surface area contributed by atoms with Gasteiger partial charge in [-0.1, -0.05) is 82.8 Å². The normalized spacial score (nSPS) is 14.9. The van der Waals surface area contributed by atoms with Crippen LogP contribution in [0.15, 0.2) is 12.1 Å². The fourth-order valence-electron chi connectivity index (χ4n) is 3.40. The maximum atomic E-state index is 6.64. The van der Waals surface area contributed by atoms with Gasteiger partial charge >= 0.3 is 0 Å². The van der Waals surface area contributed by atoms with Gasteiger partial charge in [-0.2, -0.15) is 0 Å². The lowest BCUT2D eigenvalue weighted by Gasteiger charge is -2.36. The second kappa shape index (κ2) is 10.1. The molecule has 2 atom stereocenters. The van der Waals surface area contributed by atoms with Crippen LogP contribution in [0.2, 0.25) is 0 Å². The molecule has 1 aromatic carbocycles. The Balaban J connectivity index is 3.63. The highest BCUT2D eigenvalue weighted by Crippen LogP contribution is 2.55. The first-order valence-corrected chi connectivity index (χ1v) is 11.4. The van der Waals surface area contributed by atoms with Gasteiger partial charge in [0.05, 0.1) is 0 Å². The predicted molar refractivity (Wildman–Crippen MR) is 113 cm³/mol. The van der Waals surface area contributed by atoms with Crippen LogP contribution in [0.5, 0.6) is 5.75 Å². The molecule has 0 amide bonds. The lowest BCUT2D eigenvalue weighted by atomic mass is 9.79. The third-order valence-corrected chi connectivity index (χ3v) is 6.91. The highest BCUT2D eigenvalue weighted by Gasteiger charge is 2.36. The summed E-state index contributed by atoms with van der Waals surface area (Å²) in [5.74, 6) is 0.984. The lowest BCUT2D eigenvalue weighted by Crippen LogP contribution is -2.24. The molecule has 0 spiro atoms. The molecular weight excluding hydrogens is 351 g/mol. The minimum Gasteiger partial charge on any atom is -0.467 e. The van der Waals surface area contributed by atoms with Gasteiger partial charge in [0, 0.05) is 23.4 Å². The van der Waals surface area contributed by atoms with Crippen LogP contribution in [0, 0.1) is 6.92 Å². The van der Waals surface area contributed by atoms with Gasteiger partial charge < -0.3 is 9.47 Å². The smallest absolute Gasteiger partial charge is 0.188 e. The number of methoxy groups -OCH3 is 1. The Bertz CT molecular complexity index is 539. The molecule has 0 bridgehead atoms. The maximum absolute atomic E-state index is 6.64. The van der Waals surface area contributed by atoms with Crippen LogP contribution in [0.25, 0.3) is 0 Å². The average molecular weight is 387 g/mol. The molecule has 25 heavy (non-hydrogen) atoms. The van der Waals surface area contributed by atoms with Gasteiger partial charge in [-0.05, 0) is 33.1 Å². The number of aryl methyl sites for hydroxylation is 1. The van der Waals surface area contributed by atoms with Gasteiger partial charge in [0.25, 0.3) is 0 Å². The van der Waals surface area contributed by atoms with Crippen molar-refractivity contribution >= 4 is 19.2 Å². The van der Waals surface area contributed by atoms with Crippen molar-refractivity contribution in [3.8, 4) is 5.75 Å². The zero-order valence-electron chi connectivity index (χ0n) is 17.1. The van der Waals surface area contributed by atoms with E-state index in [-0.39, 0.29) is 17.4 Å². The molecule has 0 fully saturated rings. The Morgan fingerprint density at radius 2 is 1.68 bits per heavy atom. The van der Waals surface area contributed by atoms with Crippen LogP contribution >= 0.6 is 19.2 Å². The summed E-state index contributed by atoms with van der Waals surface area (Å²) in [5.41, 5.74) is 3.79. The molecule has 0 saturated carbocycles. The standard InChI is InChI=1S/C21H36ClO2P/c1-8-10-12-21(25-22,11-9-2)18-14-16(3)13-17(20(4,5)6)19(18)24-15-23-7/h13-14,25H,8-12,15H2,1-7H3. The number of benzene rings is 1. The van der Waals surface area contributed by atoms with Crippen molar-refractivity contribution in [3.05, 3.63) is 28.8 Å². The van der Waals surface area contributed by atoms with Gasteiger partial charge in [0.1, 0.15) is 5.75 Å². The first-order valence-electron chi connectivity index (χ1n) is 9.40. The summed E-state index contributed by atoms with van der Waals surface area (Å²) in [7, 11) is 2.01. The molecule has 0 aliphatic rings. The summed E-state index contributed by atoms with van der Waals surface area (Å²) in [6.45, 7) is 13.6. The zero-order valence-corrected chi connectivity index (χ0v) is 18.8. The van der Waals surface area contributed by atoms with Gasteiger partial charge in [-0.25, -0.2) is 0 Å². The molecule has 2 nitrogen and oxygen atoms in total. The summed E-state index contributed by atoms with van der Waals surface area (Å²) in [4.78, 5) is 0. The number of rotatable bonds is 10. The highest BCUT2D eigenvalue weighted by atomic mass is 35.7. The molecule has 0 radical (unpaired) electrons. The van der Waals surface area contributed by atoms with Crippen molar-refractivity contribution < 1.29 is 9.47 Å². The van der Waals surface area contributed by atoms with Crippen molar-refractivity contribution in [2.45, 2.75) is 84.2 Å². The van der Waals surface area contributed by atoms with Gasteiger partial charge in [-0.3, -0.25) is 0 Å². The Kier molecular flexibility index (Phi) is 9.23. The van der Waals surface area contributed by atoms with E-state index >= 15 is 0 Å². The molecule has 1 rings (SSSR count). The van der Waals surface area contributed by atoms with E-state index in [9.17, 15) is 0 Å². The van der Waals surface area contributed by atoms with Crippen LogP contribution in [-0.2, 0) is 15.3 Å². The Morgan fingerprint density at radius 3 is 2.16 bits per heavy atom. The molecule has 4 heteroatoms. The topological polar surface area (TPSA) is 18.5 Å². The van der Waals surface area contributed by atoms with Crippen LogP contribution in [-0.4, -0.2) is 13.9 Å². The molecule has 2 unspecified atom stereocenters. The summed E-state index contributed by atoms with van der Waals surface area (Å²) >= 11 is 6.64. The maximum Gasteiger partial charge on any atom is 0.188 e. The van der Waals surface area contributed by atoms with E-state index in [4.69, 9.17) is 20.7 Å². The van der Waals surface area contributed by atoms with E-state index in [1.165, 1.54) is 29.5 Å². The van der Waals surface area contributed by atoms with Crippen molar-refractivity contribution in [2.75, 3.05) is 13.9 Å². The molecular formula is C21H36ClO2P. The molecule has 0 aliphatic carbocycles. The minimum atomic E-state index is -0.0125. The van der Waals surface area contributed by atoms with Gasteiger partial charge in [0.15, 0.2) is 6.79 Å². The third kappa shape index (κ3) is 5.84. The largest absolute Gasteiger partial charge is 0.467 e. The second-order valence-electron chi connectivity index (χ2n) is 8.02. The molecule has 0 N–H and O–H groups in total. The Hall–Kier alpha value is -0.300. The number of hydrogen-bond donors (Lipinski definition) is 0. The predicted octanol–water partition coefficient (Wildman–Crippen LogP) is 7.29. The van der Waals surface area contributed by atoms with E-state index in [1.54, 1.807) is 7.11 Å². The monoisotopic (exact) mass is 386 g/mol. The summed E-state index contributed by atoms with van der Waals surface area (Å²) in [6.07, 6.45) is 5.67. The average Bonchev–Trinajstić information content (AvgIpc) is 2.56. The van der Waals surface area contributed by atoms with Crippen LogP contribution in [0.4, 0.5) is 0 Å². The molecule has 0 saturated heterocycles. The number of halogens is 1. The molecule has 0 aliphatic heterocycles. The van der Waals surface area contributed by atoms with Crippen molar-refractivity contribution in [3.63, 3.8) is 0 Å². The first-order chi connectivity index (χ1) is 11.8. The van der Waals surface area contributed by atoms with E-state index in [0.717, 1.165) is 25.0 Å². The SMILES string of the molecule is CCCCC(CCC)(PCl)c1cc(C)cc(C(C)(C)C)c1OCOC. The molecule has 0 heterocycles. The summed E-state index contributed by atoms with van der Waals surface area (Å²) < 4.78 is 11.4. The lowest BCUT2D eigenvalue weighted by molar-refractivity contribution is 0.0485. The van der Waals surface area contributed by atoms with Gasteiger partial charge in [-0.15, -0.1) is 0 Å². The zero-order chi connectivity index (χ0) is 19.1. The quantitative estimate of drug-likeness (QED) is 0.310. The molecule has 1 aromatic rings. The number of unbranched alkanes of at least 4 members (excludes halogenated alkanes) is 1. The highest BCUT2D eigenvalue weighted by molar-refractivity contribution is 7.69.